The van der Waals surface area contributed by atoms with Crippen molar-refractivity contribution in [2.75, 3.05) is 0 Å². The first-order valence-electron chi connectivity index (χ1n) is 4.49. The molecular formula is C10H8N2O4. The number of nitrogens with zero attached hydrogens (tertiary/aromatic N) is 1. The highest BCUT2D eigenvalue weighted by Gasteiger charge is 2.17. The molecule has 0 bridgehead atoms. The van der Waals surface area contributed by atoms with Crippen LogP contribution >= 0.6 is 0 Å². The third-order valence-electron chi connectivity index (χ3n) is 2.23. The number of carbonyl (C=O) groups is 2. The summed E-state index contributed by atoms with van der Waals surface area (Å²) in [6.07, 6.45) is 1.05. The molecule has 0 aliphatic heterocycles. The Morgan fingerprint density at radius 1 is 1.31 bits per heavy atom. The minimum absolute atomic E-state index is 0.0545. The molecule has 0 unspecified atom stereocenters. The molecule has 0 radical (unpaired) electrons. The smallest absolute Gasteiger partial charge is 0.338 e. The van der Waals surface area contributed by atoms with Crippen molar-refractivity contribution >= 4 is 23.0 Å². The number of nitrogens with one attached hydrogen (secondary N) is 1. The van der Waals surface area contributed by atoms with Gasteiger partial charge in [-0.05, 0) is 11.6 Å². The lowest BCUT2D eigenvalue weighted by Crippen LogP contribution is -2.08. The third kappa shape index (κ3) is 1.60. The van der Waals surface area contributed by atoms with Crippen LogP contribution in [-0.2, 0) is 11.2 Å². The maximum absolute atomic E-state index is 11.1. The first-order chi connectivity index (χ1) is 7.59. The van der Waals surface area contributed by atoms with Crippen LogP contribution in [0.3, 0.4) is 0 Å². The van der Waals surface area contributed by atoms with E-state index in [9.17, 15) is 9.59 Å². The topological polar surface area (TPSA) is 103 Å². The molecule has 0 aliphatic rings. The zero-order chi connectivity index (χ0) is 11.7. The molecule has 6 heteroatoms. The van der Waals surface area contributed by atoms with E-state index in [2.05, 4.69) is 9.97 Å². The Labute approximate surface area is 89.5 Å². The summed E-state index contributed by atoms with van der Waals surface area (Å²) in [5, 5.41) is 17.7. The number of rotatable bonds is 3. The third-order valence-corrected chi connectivity index (χ3v) is 2.23. The first kappa shape index (κ1) is 10.2. The molecule has 82 valence electrons. The number of imidazole rings is 1. The van der Waals surface area contributed by atoms with E-state index >= 15 is 0 Å². The lowest BCUT2D eigenvalue weighted by molar-refractivity contribution is -0.136. The van der Waals surface area contributed by atoms with Crippen LogP contribution in [0, 0.1) is 0 Å². The fourth-order valence-electron chi connectivity index (χ4n) is 1.60. The maximum Gasteiger partial charge on any atom is 0.338 e. The van der Waals surface area contributed by atoms with Crippen molar-refractivity contribution in [3.8, 4) is 0 Å². The van der Waals surface area contributed by atoms with Crippen molar-refractivity contribution in [3.05, 3.63) is 29.6 Å². The molecule has 0 aliphatic carbocycles. The summed E-state index contributed by atoms with van der Waals surface area (Å²) in [7, 11) is 0. The average molecular weight is 220 g/mol. The number of hydrogen-bond acceptors (Lipinski definition) is 3. The molecule has 1 heterocycles. The van der Waals surface area contributed by atoms with Gasteiger partial charge in [-0.1, -0.05) is 6.07 Å². The monoisotopic (exact) mass is 220 g/mol. The van der Waals surface area contributed by atoms with Crippen molar-refractivity contribution in [2.24, 2.45) is 0 Å². The molecule has 16 heavy (non-hydrogen) atoms. The van der Waals surface area contributed by atoms with E-state index < -0.39 is 11.9 Å². The van der Waals surface area contributed by atoms with E-state index in [0.717, 1.165) is 0 Å². The second-order valence-electron chi connectivity index (χ2n) is 3.27. The van der Waals surface area contributed by atoms with E-state index in [4.69, 9.17) is 10.2 Å². The Morgan fingerprint density at radius 3 is 2.69 bits per heavy atom. The summed E-state index contributed by atoms with van der Waals surface area (Å²) in [4.78, 5) is 28.3. The number of H-pyrrole nitrogens is 1. The molecule has 3 N–H and O–H groups in total. The highest BCUT2D eigenvalue weighted by atomic mass is 16.4. The summed E-state index contributed by atoms with van der Waals surface area (Å²) in [6, 6.07) is 3.10. The van der Waals surface area contributed by atoms with Crippen LogP contribution in [0.2, 0.25) is 0 Å². The van der Waals surface area contributed by atoms with E-state index in [0.29, 0.717) is 5.52 Å². The lowest BCUT2D eigenvalue weighted by Gasteiger charge is -2.03. The largest absolute Gasteiger partial charge is 0.481 e. The van der Waals surface area contributed by atoms with Gasteiger partial charge in [-0.3, -0.25) is 4.79 Å². The highest BCUT2D eigenvalue weighted by Crippen LogP contribution is 2.20. The van der Waals surface area contributed by atoms with Crippen molar-refractivity contribution in [1.82, 2.24) is 9.97 Å². The van der Waals surface area contributed by atoms with E-state index in [1.165, 1.54) is 12.4 Å². The molecule has 0 atom stereocenters. The summed E-state index contributed by atoms with van der Waals surface area (Å²) in [5.41, 5.74) is 1.05. The second-order valence-corrected chi connectivity index (χ2v) is 3.27. The molecule has 0 saturated heterocycles. The van der Waals surface area contributed by atoms with E-state index in [1.807, 2.05) is 0 Å². The van der Waals surface area contributed by atoms with Crippen molar-refractivity contribution < 1.29 is 19.8 Å². The van der Waals surface area contributed by atoms with Crippen LogP contribution in [-0.4, -0.2) is 32.1 Å². The zero-order valence-corrected chi connectivity index (χ0v) is 8.10. The SMILES string of the molecule is O=C(O)Cc1ccc2[nH]cnc2c1C(=O)O. The number of benzene rings is 1. The number of aromatic nitrogens is 2. The van der Waals surface area contributed by atoms with Crippen LogP contribution in [0.4, 0.5) is 0 Å². The molecule has 2 aromatic rings. The van der Waals surface area contributed by atoms with Crippen molar-refractivity contribution in [3.63, 3.8) is 0 Å². The predicted octanol–water partition coefficient (Wildman–Crippen LogP) is 0.888. The molecule has 0 amide bonds. The van der Waals surface area contributed by atoms with Crippen LogP contribution in [0.1, 0.15) is 15.9 Å². The molecule has 2 rings (SSSR count). The quantitative estimate of drug-likeness (QED) is 0.712. The Balaban J connectivity index is 2.68. The van der Waals surface area contributed by atoms with Gasteiger partial charge in [0.2, 0.25) is 0 Å². The van der Waals surface area contributed by atoms with Gasteiger partial charge in [-0.25, -0.2) is 9.78 Å². The Morgan fingerprint density at radius 2 is 2.06 bits per heavy atom. The standard InChI is InChI=1S/C10H8N2O4/c13-7(14)3-5-1-2-6-9(12-4-11-6)8(5)10(15)16/h1-2,4H,3H2,(H,11,12)(H,13,14)(H,15,16). The molecular weight excluding hydrogens is 212 g/mol. The number of fused-ring (bicyclic) bond motifs is 1. The van der Waals surface area contributed by atoms with E-state index in [-0.39, 0.29) is 23.1 Å². The minimum atomic E-state index is -1.17. The fraction of sp³-hybridized carbons (Fsp3) is 0.100. The van der Waals surface area contributed by atoms with Gasteiger partial charge in [0.25, 0.3) is 0 Å². The summed E-state index contributed by atoms with van der Waals surface area (Å²) < 4.78 is 0. The van der Waals surface area contributed by atoms with Gasteiger partial charge in [0.05, 0.1) is 23.8 Å². The molecule has 1 aromatic carbocycles. The minimum Gasteiger partial charge on any atom is -0.481 e. The van der Waals surface area contributed by atoms with Crippen LogP contribution in [0.15, 0.2) is 18.5 Å². The van der Waals surface area contributed by atoms with Gasteiger partial charge in [-0.2, -0.15) is 0 Å². The molecule has 1 aromatic heterocycles. The van der Waals surface area contributed by atoms with Crippen LogP contribution in [0.25, 0.3) is 11.0 Å². The fourth-order valence-corrected chi connectivity index (χ4v) is 1.60. The van der Waals surface area contributed by atoms with Crippen molar-refractivity contribution in [2.45, 2.75) is 6.42 Å². The Bertz CT molecular complexity index is 573. The summed E-state index contributed by atoms with van der Waals surface area (Å²) >= 11 is 0. The van der Waals surface area contributed by atoms with Gasteiger partial charge in [-0.15, -0.1) is 0 Å². The predicted molar refractivity (Wildman–Crippen MR) is 54.4 cm³/mol. The average Bonchev–Trinajstić information content (AvgIpc) is 2.63. The number of aromatic carboxylic acids is 1. The number of aromatic amines is 1. The normalized spacial score (nSPS) is 10.5. The van der Waals surface area contributed by atoms with Crippen LogP contribution < -0.4 is 0 Å². The Kier molecular flexibility index (Phi) is 2.32. The van der Waals surface area contributed by atoms with Crippen molar-refractivity contribution in [1.29, 1.82) is 0 Å². The molecule has 0 saturated carbocycles. The number of hydrogen-bond donors (Lipinski definition) is 3. The number of carboxylic acids is 2. The van der Waals surface area contributed by atoms with Gasteiger partial charge in [0, 0.05) is 0 Å². The van der Waals surface area contributed by atoms with Gasteiger partial charge >= 0.3 is 11.9 Å². The lowest BCUT2D eigenvalue weighted by atomic mass is 10.0. The Hall–Kier alpha value is -2.37. The second kappa shape index (κ2) is 3.65. The van der Waals surface area contributed by atoms with Gasteiger partial charge < -0.3 is 15.2 Å². The summed E-state index contributed by atoms with van der Waals surface area (Å²) in [5.74, 6) is -2.24. The maximum atomic E-state index is 11.1. The van der Waals surface area contributed by atoms with Crippen LogP contribution in [0.5, 0.6) is 0 Å². The molecule has 0 fully saturated rings. The van der Waals surface area contributed by atoms with Gasteiger partial charge in [0.1, 0.15) is 5.52 Å². The highest BCUT2D eigenvalue weighted by molar-refractivity contribution is 6.03. The van der Waals surface area contributed by atoms with Gasteiger partial charge in [0.15, 0.2) is 0 Å². The molecule has 0 spiro atoms. The number of carboxylic acid groups (broad SMARTS) is 2. The zero-order valence-electron chi connectivity index (χ0n) is 8.10. The summed E-state index contributed by atoms with van der Waals surface area (Å²) in [6.45, 7) is 0. The van der Waals surface area contributed by atoms with E-state index in [1.54, 1.807) is 6.07 Å². The first-order valence-corrected chi connectivity index (χ1v) is 4.49. The molecule has 6 nitrogen and oxygen atoms in total. The number of aliphatic carboxylic acids is 1.